The van der Waals surface area contributed by atoms with Crippen LogP contribution in [0.5, 0.6) is 0 Å². The Morgan fingerprint density at radius 2 is 0.808 bits per heavy atom. The molecule has 1 heterocycles. The van der Waals surface area contributed by atoms with E-state index in [9.17, 15) is 0 Å². The zero-order chi connectivity index (χ0) is 16.2. The second kappa shape index (κ2) is 8.95. The Kier molecular flexibility index (Phi) is 6.67. The molecule has 130 valence electrons. The summed E-state index contributed by atoms with van der Waals surface area (Å²) in [4.78, 5) is 0. The number of aromatic nitrogens is 3. The highest BCUT2D eigenvalue weighted by Gasteiger charge is 2.17. The minimum atomic E-state index is 0. The Bertz CT molecular complexity index is 891. The average Bonchev–Trinajstić information content (AvgIpc) is 2.69. The summed E-state index contributed by atoms with van der Waals surface area (Å²) in [6.45, 7) is 0. The number of rotatable bonds is 3. The van der Waals surface area contributed by atoms with Gasteiger partial charge in [-0.15, -0.1) is 10.2 Å². The predicted octanol–water partition coefficient (Wildman–Crippen LogP) is 4.11. The summed E-state index contributed by atoms with van der Waals surface area (Å²) in [5.74, 6) is 0. The van der Waals surface area contributed by atoms with Crippen molar-refractivity contribution in [2.45, 2.75) is 0 Å². The molecular weight excluding hydrogens is 341 g/mol. The lowest BCUT2D eigenvalue weighted by Gasteiger charge is -2.12. The van der Waals surface area contributed by atoms with E-state index < -0.39 is 0 Å². The zero-order valence-corrected chi connectivity index (χ0v) is 15.6. The SMILES string of the molecule is O.P.c1ccc(-c2nnnc(-c3ccccc3)c2-c2ccccc2)cc1. The van der Waals surface area contributed by atoms with Crippen molar-refractivity contribution < 1.29 is 5.48 Å². The Labute approximate surface area is 155 Å². The van der Waals surface area contributed by atoms with Gasteiger partial charge in [-0.25, -0.2) is 0 Å². The lowest BCUT2D eigenvalue weighted by Crippen LogP contribution is -1.99. The monoisotopic (exact) mass is 361 g/mol. The van der Waals surface area contributed by atoms with E-state index in [0.717, 1.165) is 33.6 Å². The highest BCUT2D eigenvalue weighted by atomic mass is 31.0. The second-order valence-electron chi connectivity index (χ2n) is 5.46. The molecule has 1 aromatic heterocycles. The Hall–Kier alpha value is -2.94. The molecule has 5 heteroatoms. The van der Waals surface area contributed by atoms with Crippen molar-refractivity contribution in [3.8, 4) is 33.6 Å². The van der Waals surface area contributed by atoms with Crippen molar-refractivity contribution in [3.05, 3.63) is 91.0 Å². The van der Waals surface area contributed by atoms with E-state index in [0.29, 0.717) is 0 Å². The molecule has 26 heavy (non-hydrogen) atoms. The summed E-state index contributed by atoms with van der Waals surface area (Å²) in [7, 11) is 0. The van der Waals surface area contributed by atoms with Gasteiger partial charge in [0.15, 0.2) is 0 Å². The van der Waals surface area contributed by atoms with E-state index in [4.69, 9.17) is 0 Å². The normalized spacial score (nSPS) is 9.69. The lowest BCUT2D eigenvalue weighted by atomic mass is 9.95. The third-order valence-corrected chi connectivity index (χ3v) is 3.92. The fourth-order valence-electron chi connectivity index (χ4n) is 2.80. The summed E-state index contributed by atoms with van der Waals surface area (Å²) < 4.78 is 0. The van der Waals surface area contributed by atoms with Gasteiger partial charge in [-0.05, 0) is 10.8 Å². The van der Waals surface area contributed by atoms with Gasteiger partial charge >= 0.3 is 0 Å². The molecular formula is C21H20N3OP. The van der Waals surface area contributed by atoms with Crippen molar-refractivity contribution in [2.75, 3.05) is 0 Å². The van der Waals surface area contributed by atoms with Gasteiger partial charge in [0.05, 0.1) is 0 Å². The highest BCUT2D eigenvalue weighted by Crippen LogP contribution is 2.36. The van der Waals surface area contributed by atoms with Crippen molar-refractivity contribution >= 4 is 9.90 Å². The minimum Gasteiger partial charge on any atom is -0.412 e. The van der Waals surface area contributed by atoms with Crippen LogP contribution in [-0.2, 0) is 0 Å². The van der Waals surface area contributed by atoms with E-state index in [1.54, 1.807) is 0 Å². The number of hydrogen-bond donors (Lipinski definition) is 0. The molecule has 4 aromatic rings. The molecule has 0 radical (unpaired) electrons. The van der Waals surface area contributed by atoms with Gasteiger partial charge in [-0.2, -0.15) is 9.90 Å². The predicted molar refractivity (Wildman–Crippen MR) is 111 cm³/mol. The molecule has 4 rings (SSSR count). The van der Waals surface area contributed by atoms with Gasteiger partial charge in [0.25, 0.3) is 0 Å². The molecule has 1 atom stereocenters. The molecule has 0 aliphatic carbocycles. The molecule has 0 spiro atoms. The van der Waals surface area contributed by atoms with E-state index in [1.165, 1.54) is 0 Å². The van der Waals surface area contributed by atoms with Crippen LogP contribution in [0.25, 0.3) is 33.6 Å². The van der Waals surface area contributed by atoms with Gasteiger partial charge in [0, 0.05) is 16.7 Å². The molecule has 3 aromatic carbocycles. The first-order valence-corrected chi connectivity index (χ1v) is 7.83. The fourth-order valence-corrected chi connectivity index (χ4v) is 2.80. The number of nitrogens with zero attached hydrogens (tertiary/aromatic N) is 3. The minimum absolute atomic E-state index is 0. The van der Waals surface area contributed by atoms with Crippen LogP contribution in [0.4, 0.5) is 0 Å². The Balaban J connectivity index is 0.00000121. The summed E-state index contributed by atoms with van der Waals surface area (Å²) in [6, 6.07) is 30.4. The molecule has 0 fully saturated rings. The summed E-state index contributed by atoms with van der Waals surface area (Å²) in [6.07, 6.45) is 0. The smallest absolute Gasteiger partial charge is 0.105 e. The van der Waals surface area contributed by atoms with Crippen molar-refractivity contribution in [3.63, 3.8) is 0 Å². The van der Waals surface area contributed by atoms with E-state index >= 15 is 0 Å². The van der Waals surface area contributed by atoms with Crippen molar-refractivity contribution in [1.82, 2.24) is 15.4 Å². The van der Waals surface area contributed by atoms with Gasteiger partial charge in [0.1, 0.15) is 11.4 Å². The highest BCUT2D eigenvalue weighted by molar-refractivity contribution is 6.92. The molecule has 4 nitrogen and oxygen atoms in total. The topological polar surface area (TPSA) is 70.2 Å². The molecule has 1 unspecified atom stereocenters. The van der Waals surface area contributed by atoms with Crippen LogP contribution in [0.2, 0.25) is 0 Å². The van der Waals surface area contributed by atoms with E-state index in [1.807, 2.05) is 78.9 Å². The second-order valence-corrected chi connectivity index (χ2v) is 5.46. The van der Waals surface area contributed by atoms with Crippen LogP contribution >= 0.6 is 9.90 Å². The Morgan fingerprint density at radius 3 is 1.19 bits per heavy atom. The van der Waals surface area contributed by atoms with Crippen LogP contribution in [0.1, 0.15) is 0 Å². The largest absolute Gasteiger partial charge is 0.412 e. The van der Waals surface area contributed by atoms with Crippen LogP contribution < -0.4 is 0 Å². The standard InChI is InChI=1S/C21H15N3.H2O.H3P/c1-4-10-16(11-5-1)19-20(17-12-6-2-7-13-17)22-24-23-21(19)18-14-8-3-9-15-18;;/h1-15H;1H2;1H3. The van der Waals surface area contributed by atoms with Gasteiger partial charge in [-0.3, -0.25) is 0 Å². The van der Waals surface area contributed by atoms with Gasteiger partial charge in [0.2, 0.25) is 0 Å². The Morgan fingerprint density at radius 1 is 0.462 bits per heavy atom. The van der Waals surface area contributed by atoms with Gasteiger partial charge < -0.3 is 5.48 Å². The molecule has 0 bridgehead atoms. The summed E-state index contributed by atoms with van der Waals surface area (Å²) in [5.41, 5.74) is 5.83. The summed E-state index contributed by atoms with van der Waals surface area (Å²) >= 11 is 0. The van der Waals surface area contributed by atoms with E-state index in [2.05, 4.69) is 27.5 Å². The van der Waals surface area contributed by atoms with Crippen LogP contribution in [0.15, 0.2) is 91.0 Å². The quantitative estimate of drug-likeness (QED) is 0.516. The molecule has 0 amide bonds. The molecule has 0 saturated heterocycles. The fraction of sp³-hybridized carbons (Fsp3) is 0. The third-order valence-electron chi connectivity index (χ3n) is 3.92. The molecule has 0 saturated carbocycles. The number of hydrogen-bond acceptors (Lipinski definition) is 3. The third kappa shape index (κ3) is 3.83. The number of benzene rings is 3. The first-order chi connectivity index (χ1) is 11.9. The zero-order valence-electron chi connectivity index (χ0n) is 14.2. The van der Waals surface area contributed by atoms with Crippen LogP contribution in [0, 0.1) is 0 Å². The maximum Gasteiger partial charge on any atom is 0.105 e. The lowest BCUT2D eigenvalue weighted by molar-refractivity contribution is 0.824. The maximum atomic E-state index is 4.35. The van der Waals surface area contributed by atoms with Gasteiger partial charge in [-0.1, -0.05) is 91.0 Å². The van der Waals surface area contributed by atoms with E-state index in [-0.39, 0.29) is 15.4 Å². The molecule has 0 aliphatic rings. The van der Waals surface area contributed by atoms with Crippen LogP contribution in [-0.4, -0.2) is 20.9 Å². The van der Waals surface area contributed by atoms with Crippen LogP contribution in [0.3, 0.4) is 0 Å². The van der Waals surface area contributed by atoms with Crippen molar-refractivity contribution in [1.29, 1.82) is 0 Å². The first kappa shape index (κ1) is 19.4. The first-order valence-electron chi connectivity index (χ1n) is 7.83. The average molecular weight is 361 g/mol. The molecule has 2 N–H and O–H groups in total. The summed E-state index contributed by atoms with van der Waals surface area (Å²) in [5, 5.41) is 12.7. The van der Waals surface area contributed by atoms with Crippen molar-refractivity contribution in [2.24, 2.45) is 0 Å². The maximum absolute atomic E-state index is 4.35. The molecule has 0 aliphatic heterocycles.